The summed E-state index contributed by atoms with van der Waals surface area (Å²) in [7, 11) is -1.70. The number of anilines is 1. The van der Waals surface area contributed by atoms with E-state index < -0.39 is 22.6 Å². The number of hydrogen-bond acceptors (Lipinski definition) is 6. The number of likely N-dealkylation sites (N-methyl/N-ethyl adjacent to an activating group) is 1. The number of nitrogens with zero attached hydrogens (tertiary/aromatic N) is 2. The molecule has 8 heteroatoms. The number of fused-ring (bicyclic) bond motifs is 1. The van der Waals surface area contributed by atoms with E-state index in [-0.39, 0.29) is 21.7 Å². The van der Waals surface area contributed by atoms with E-state index in [1.54, 1.807) is 13.8 Å². The van der Waals surface area contributed by atoms with Gasteiger partial charge >= 0.3 is 5.97 Å². The summed E-state index contributed by atoms with van der Waals surface area (Å²) in [4.78, 5) is 27.1. The van der Waals surface area contributed by atoms with Gasteiger partial charge in [0.1, 0.15) is 0 Å². The summed E-state index contributed by atoms with van der Waals surface area (Å²) in [6.45, 7) is 7.95. The Bertz CT molecular complexity index is 1180. The molecule has 0 fully saturated rings. The Morgan fingerprint density at radius 1 is 1.03 bits per heavy atom. The molecule has 0 amide bonds. The highest BCUT2D eigenvalue weighted by Crippen LogP contribution is 2.46. The lowest BCUT2D eigenvalue weighted by Gasteiger charge is -2.23. The van der Waals surface area contributed by atoms with E-state index in [1.807, 2.05) is 50.1 Å². The molecule has 2 aromatic carbocycles. The average Bonchev–Trinajstić information content (AvgIpc) is 2.99. The molecule has 0 bridgehead atoms. The van der Waals surface area contributed by atoms with Crippen molar-refractivity contribution >= 4 is 27.5 Å². The first-order chi connectivity index (χ1) is 15.5. The number of carbonyl (C=O) groups is 2. The second-order valence-electron chi connectivity index (χ2n) is 8.39. The summed E-state index contributed by atoms with van der Waals surface area (Å²) in [5.41, 5.74) is 2.83. The predicted molar refractivity (Wildman–Crippen MR) is 128 cm³/mol. The Hall–Kier alpha value is -2.97. The number of hydrogen-bond donors (Lipinski definition) is 0. The fraction of sp³-hybridized carbons (Fsp3) is 0.360. The zero-order chi connectivity index (χ0) is 24.4. The number of benzene rings is 2. The molecule has 0 radical (unpaired) electrons. The van der Waals surface area contributed by atoms with E-state index in [2.05, 4.69) is 0 Å². The van der Waals surface area contributed by atoms with E-state index in [4.69, 9.17) is 4.74 Å². The minimum Gasteiger partial charge on any atom is -0.454 e. The molecule has 0 unspecified atom stereocenters. The SMILES string of the molecule is CCN(CC)S(=O)(=O)c1ccc(C(=O)OCC(=O)/C=C2/N(C)c3ccccc3C2(C)C)cc1. The molecule has 1 aliphatic rings. The average molecular weight is 471 g/mol. The standard InChI is InChI=1S/C25H30N2O5S/c1-6-27(7-2)33(30,31)20-14-12-18(13-15-20)24(29)32-17-19(28)16-23-25(3,4)21-10-8-9-11-22(21)26(23)5/h8-16H,6-7,17H2,1-5H3/b23-16+. The predicted octanol–water partition coefficient (Wildman–Crippen LogP) is 3.75. The number of rotatable bonds is 8. The summed E-state index contributed by atoms with van der Waals surface area (Å²) in [5.74, 6) is -1.01. The van der Waals surface area contributed by atoms with E-state index in [0.717, 1.165) is 16.9 Å². The van der Waals surface area contributed by atoms with E-state index in [1.165, 1.54) is 34.6 Å². The quantitative estimate of drug-likeness (QED) is 0.432. The summed E-state index contributed by atoms with van der Waals surface area (Å²) >= 11 is 0. The zero-order valence-electron chi connectivity index (χ0n) is 19.7. The molecule has 1 aliphatic heterocycles. The van der Waals surface area contributed by atoms with E-state index in [0.29, 0.717) is 13.1 Å². The molecule has 7 nitrogen and oxygen atoms in total. The van der Waals surface area contributed by atoms with Gasteiger partial charge in [-0.2, -0.15) is 4.31 Å². The van der Waals surface area contributed by atoms with Gasteiger partial charge in [-0.25, -0.2) is 13.2 Å². The third kappa shape index (κ3) is 4.72. The molecule has 3 rings (SSSR count). The van der Waals surface area contributed by atoms with E-state index in [9.17, 15) is 18.0 Å². The van der Waals surface area contributed by atoms with Crippen molar-refractivity contribution in [2.75, 3.05) is 31.6 Å². The number of carbonyl (C=O) groups excluding carboxylic acids is 2. The lowest BCUT2D eigenvalue weighted by molar-refractivity contribution is -0.117. The molecule has 0 atom stereocenters. The van der Waals surface area contributed by atoms with Gasteiger partial charge in [0.15, 0.2) is 12.4 Å². The smallest absolute Gasteiger partial charge is 0.338 e. The first-order valence-electron chi connectivity index (χ1n) is 10.9. The molecule has 176 valence electrons. The first-order valence-corrected chi connectivity index (χ1v) is 12.3. The van der Waals surface area contributed by atoms with Gasteiger partial charge in [-0.15, -0.1) is 0 Å². The lowest BCUT2D eigenvalue weighted by Crippen LogP contribution is -2.30. The van der Waals surface area contributed by atoms with Crippen LogP contribution in [0.1, 0.15) is 43.6 Å². The number of esters is 1. The first kappa shape index (κ1) is 24.7. The van der Waals surface area contributed by atoms with Crippen molar-refractivity contribution in [3.8, 4) is 0 Å². The molecular weight excluding hydrogens is 440 g/mol. The maximum absolute atomic E-state index is 12.6. The van der Waals surface area contributed by atoms with Crippen LogP contribution in [0.4, 0.5) is 5.69 Å². The number of allylic oxidation sites excluding steroid dienone is 1. The topological polar surface area (TPSA) is 84.0 Å². The molecule has 0 saturated heterocycles. The fourth-order valence-electron chi connectivity index (χ4n) is 4.15. The van der Waals surface area contributed by atoms with Gasteiger partial charge in [0.05, 0.1) is 10.5 Å². The van der Waals surface area contributed by atoms with Crippen molar-refractivity contribution in [3.63, 3.8) is 0 Å². The van der Waals surface area contributed by atoms with Crippen molar-refractivity contribution in [1.82, 2.24) is 4.31 Å². The van der Waals surface area contributed by atoms with Gasteiger partial charge in [0, 0.05) is 43.0 Å². The minimum absolute atomic E-state index is 0.106. The summed E-state index contributed by atoms with van der Waals surface area (Å²) in [5, 5.41) is 0. The summed E-state index contributed by atoms with van der Waals surface area (Å²) in [6, 6.07) is 13.5. The summed E-state index contributed by atoms with van der Waals surface area (Å²) < 4.78 is 31.7. The van der Waals surface area contributed by atoms with Gasteiger partial charge in [-0.05, 0) is 35.9 Å². The van der Waals surface area contributed by atoms with Crippen LogP contribution in [0.5, 0.6) is 0 Å². The van der Waals surface area contributed by atoms with Crippen LogP contribution in [0.2, 0.25) is 0 Å². The van der Waals surface area contributed by atoms with Gasteiger partial charge in [0.25, 0.3) is 0 Å². The molecule has 2 aromatic rings. The van der Waals surface area contributed by atoms with Crippen molar-refractivity contribution in [2.45, 2.75) is 38.0 Å². The molecule has 1 heterocycles. The fourth-order valence-corrected chi connectivity index (χ4v) is 5.61. The molecule has 0 N–H and O–H groups in total. The monoisotopic (exact) mass is 470 g/mol. The van der Waals surface area contributed by atoms with Crippen LogP contribution in [0.15, 0.2) is 65.2 Å². The van der Waals surface area contributed by atoms with E-state index >= 15 is 0 Å². The maximum atomic E-state index is 12.6. The highest BCUT2D eigenvalue weighted by molar-refractivity contribution is 7.89. The molecule has 0 aliphatic carbocycles. The zero-order valence-corrected chi connectivity index (χ0v) is 20.5. The van der Waals surface area contributed by atoms with Crippen molar-refractivity contribution in [3.05, 3.63) is 71.4 Å². The number of sulfonamides is 1. The van der Waals surface area contributed by atoms with Gasteiger partial charge in [-0.1, -0.05) is 45.9 Å². The van der Waals surface area contributed by atoms with Gasteiger partial charge in [0.2, 0.25) is 10.0 Å². The van der Waals surface area contributed by atoms with Crippen molar-refractivity contribution in [2.24, 2.45) is 0 Å². The van der Waals surface area contributed by atoms with Gasteiger partial charge < -0.3 is 9.64 Å². The van der Waals surface area contributed by atoms with Crippen molar-refractivity contribution < 1.29 is 22.7 Å². The molecule has 0 saturated carbocycles. The second kappa shape index (κ2) is 9.49. The van der Waals surface area contributed by atoms with Crippen molar-refractivity contribution in [1.29, 1.82) is 0 Å². The Labute approximate surface area is 195 Å². The maximum Gasteiger partial charge on any atom is 0.338 e. The van der Waals surface area contributed by atoms with Crippen LogP contribution in [0.3, 0.4) is 0 Å². The molecule has 0 aromatic heterocycles. The Balaban J connectivity index is 1.67. The van der Waals surface area contributed by atoms with Crippen LogP contribution in [-0.4, -0.2) is 51.2 Å². The van der Waals surface area contributed by atoms with Crippen LogP contribution in [-0.2, 0) is 25.0 Å². The van der Waals surface area contributed by atoms with Crippen LogP contribution >= 0.6 is 0 Å². The van der Waals surface area contributed by atoms with Crippen LogP contribution < -0.4 is 4.90 Å². The number of para-hydroxylation sites is 1. The molecule has 0 spiro atoms. The number of ketones is 1. The highest BCUT2D eigenvalue weighted by atomic mass is 32.2. The summed E-state index contributed by atoms with van der Waals surface area (Å²) in [6.07, 6.45) is 1.52. The minimum atomic E-state index is -3.61. The van der Waals surface area contributed by atoms with Crippen LogP contribution in [0, 0.1) is 0 Å². The van der Waals surface area contributed by atoms with Gasteiger partial charge in [-0.3, -0.25) is 4.79 Å². The molecular formula is C25H30N2O5S. The third-order valence-corrected chi connectivity index (χ3v) is 8.08. The second-order valence-corrected chi connectivity index (χ2v) is 10.3. The normalized spacial score (nSPS) is 16.2. The lowest BCUT2D eigenvalue weighted by atomic mass is 9.83. The Morgan fingerprint density at radius 2 is 1.64 bits per heavy atom. The number of ether oxygens (including phenoxy) is 1. The molecule has 33 heavy (non-hydrogen) atoms. The largest absolute Gasteiger partial charge is 0.454 e. The third-order valence-electron chi connectivity index (χ3n) is 6.02. The highest BCUT2D eigenvalue weighted by Gasteiger charge is 2.38. The van der Waals surface area contributed by atoms with Crippen LogP contribution in [0.25, 0.3) is 0 Å². The Morgan fingerprint density at radius 3 is 2.21 bits per heavy atom. The Kier molecular flexibility index (Phi) is 7.09.